The third-order valence-electron chi connectivity index (χ3n) is 3.73. The first-order valence-corrected chi connectivity index (χ1v) is 7.72. The molecule has 0 saturated heterocycles. The van der Waals surface area contributed by atoms with Gasteiger partial charge in [-0.15, -0.1) is 0 Å². The molecular formula is C17H13Cl2NO3. The summed E-state index contributed by atoms with van der Waals surface area (Å²) in [5.41, 5.74) is 2.19. The van der Waals surface area contributed by atoms with Crippen LogP contribution in [0.3, 0.4) is 0 Å². The number of Topliss-reactive ketones (excluding diaryl/α,β-unsaturated/α-hetero) is 1. The van der Waals surface area contributed by atoms with Crippen LogP contribution in [0.2, 0.25) is 10.0 Å². The fourth-order valence-electron chi connectivity index (χ4n) is 2.46. The van der Waals surface area contributed by atoms with Gasteiger partial charge >= 0.3 is 0 Å². The number of fused-ring (bicyclic) bond motifs is 1. The molecule has 118 valence electrons. The molecule has 2 aromatic rings. The molecule has 0 fully saturated rings. The van der Waals surface area contributed by atoms with E-state index in [0.29, 0.717) is 27.8 Å². The van der Waals surface area contributed by atoms with Crippen LogP contribution in [0.25, 0.3) is 0 Å². The Hall–Kier alpha value is -2.04. The number of hydrogen-bond donors (Lipinski definition) is 0. The number of ketones is 1. The Morgan fingerprint density at radius 1 is 1.22 bits per heavy atom. The molecule has 0 spiro atoms. The largest absolute Gasteiger partial charge is 0.484 e. The average Bonchev–Trinajstić information content (AvgIpc) is 2.82. The lowest BCUT2D eigenvalue weighted by atomic mass is 10.1. The predicted molar refractivity (Wildman–Crippen MR) is 89.8 cm³/mol. The van der Waals surface area contributed by atoms with Crippen LogP contribution in [0.1, 0.15) is 15.9 Å². The predicted octanol–water partition coefficient (Wildman–Crippen LogP) is 3.77. The van der Waals surface area contributed by atoms with E-state index < -0.39 is 0 Å². The Balaban J connectivity index is 1.73. The summed E-state index contributed by atoms with van der Waals surface area (Å²) >= 11 is 11.9. The van der Waals surface area contributed by atoms with Crippen LogP contribution in [-0.4, -0.2) is 25.3 Å². The van der Waals surface area contributed by atoms with E-state index in [-0.39, 0.29) is 18.3 Å². The van der Waals surface area contributed by atoms with Gasteiger partial charge in [0.15, 0.2) is 12.4 Å². The van der Waals surface area contributed by atoms with Crippen LogP contribution in [-0.2, 0) is 11.2 Å². The first kappa shape index (κ1) is 15.8. The molecule has 0 aliphatic carbocycles. The summed E-state index contributed by atoms with van der Waals surface area (Å²) in [7, 11) is 1.72. The van der Waals surface area contributed by atoms with Gasteiger partial charge in [-0.25, -0.2) is 0 Å². The number of ether oxygens (including phenoxy) is 1. The maximum atomic E-state index is 12.3. The van der Waals surface area contributed by atoms with Gasteiger partial charge in [-0.1, -0.05) is 23.2 Å². The minimum absolute atomic E-state index is 0.0200. The normalized spacial score (nSPS) is 13.2. The molecule has 1 aliphatic rings. The molecule has 6 heteroatoms. The van der Waals surface area contributed by atoms with Gasteiger partial charge in [0.25, 0.3) is 0 Å². The highest BCUT2D eigenvalue weighted by Gasteiger charge is 2.24. The van der Waals surface area contributed by atoms with Crippen molar-refractivity contribution in [3.8, 4) is 5.75 Å². The van der Waals surface area contributed by atoms with Crippen LogP contribution in [0.15, 0.2) is 36.4 Å². The monoisotopic (exact) mass is 349 g/mol. The van der Waals surface area contributed by atoms with Crippen molar-refractivity contribution < 1.29 is 14.3 Å². The molecule has 2 aromatic carbocycles. The lowest BCUT2D eigenvalue weighted by Gasteiger charge is -2.11. The van der Waals surface area contributed by atoms with Gasteiger partial charge in [-0.2, -0.15) is 0 Å². The zero-order valence-corrected chi connectivity index (χ0v) is 13.8. The fourth-order valence-corrected chi connectivity index (χ4v) is 2.79. The molecule has 0 unspecified atom stereocenters. The Labute approximate surface area is 143 Å². The summed E-state index contributed by atoms with van der Waals surface area (Å²) < 4.78 is 5.45. The molecule has 0 bridgehead atoms. The quantitative estimate of drug-likeness (QED) is 0.789. The number of carbonyl (C=O) groups is 2. The van der Waals surface area contributed by atoms with E-state index >= 15 is 0 Å². The molecule has 3 rings (SSSR count). The van der Waals surface area contributed by atoms with Crippen LogP contribution >= 0.6 is 23.2 Å². The highest BCUT2D eigenvalue weighted by molar-refractivity contribution is 6.34. The second kappa shape index (κ2) is 6.22. The van der Waals surface area contributed by atoms with Crippen molar-refractivity contribution >= 4 is 40.6 Å². The third-order valence-corrected chi connectivity index (χ3v) is 4.28. The van der Waals surface area contributed by atoms with Gasteiger partial charge in [-0.05, 0) is 35.9 Å². The molecule has 0 N–H and O–H groups in total. The molecule has 4 nitrogen and oxygen atoms in total. The first-order valence-electron chi connectivity index (χ1n) is 6.96. The minimum Gasteiger partial charge on any atom is -0.484 e. The SMILES string of the molecule is CN1C(=O)Cc2cc(C(=O)COc3cc(Cl)ccc3Cl)ccc21. The topological polar surface area (TPSA) is 46.6 Å². The van der Waals surface area contributed by atoms with Crippen molar-refractivity contribution in [3.05, 3.63) is 57.6 Å². The third kappa shape index (κ3) is 3.19. The van der Waals surface area contributed by atoms with E-state index in [1.54, 1.807) is 48.3 Å². The standard InChI is InChI=1S/C17H13Cl2NO3/c1-20-14-5-2-10(6-11(14)7-17(20)22)15(21)9-23-16-8-12(18)3-4-13(16)19/h2-6,8H,7,9H2,1H3. The Bertz CT molecular complexity index is 804. The van der Waals surface area contributed by atoms with E-state index in [1.807, 2.05) is 0 Å². The highest BCUT2D eigenvalue weighted by atomic mass is 35.5. The van der Waals surface area contributed by atoms with Gasteiger partial charge in [0.1, 0.15) is 5.75 Å². The summed E-state index contributed by atoms with van der Waals surface area (Å²) in [6, 6.07) is 10.0. The number of amides is 1. The molecule has 1 amide bonds. The molecule has 23 heavy (non-hydrogen) atoms. The van der Waals surface area contributed by atoms with Gasteiger partial charge in [0.05, 0.1) is 11.4 Å². The van der Waals surface area contributed by atoms with Crippen molar-refractivity contribution in [2.24, 2.45) is 0 Å². The van der Waals surface area contributed by atoms with E-state index in [2.05, 4.69) is 0 Å². The Morgan fingerprint density at radius 3 is 2.78 bits per heavy atom. The van der Waals surface area contributed by atoms with Gasteiger partial charge in [0.2, 0.25) is 5.91 Å². The lowest BCUT2D eigenvalue weighted by molar-refractivity contribution is -0.117. The number of anilines is 1. The second-order valence-corrected chi connectivity index (χ2v) is 6.10. The summed E-state index contributed by atoms with van der Waals surface area (Å²) in [6.45, 7) is -0.150. The first-order chi connectivity index (χ1) is 11.0. The molecule has 0 radical (unpaired) electrons. The smallest absolute Gasteiger partial charge is 0.231 e. The van der Waals surface area contributed by atoms with Crippen molar-refractivity contribution in [3.63, 3.8) is 0 Å². The van der Waals surface area contributed by atoms with Crippen LogP contribution in [0.4, 0.5) is 5.69 Å². The number of carbonyl (C=O) groups excluding carboxylic acids is 2. The van der Waals surface area contributed by atoms with Gasteiger partial charge in [0, 0.05) is 29.4 Å². The van der Waals surface area contributed by atoms with Crippen molar-refractivity contribution in [2.45, 2.75) is 6.42 Å². The van der Waals surface area contributed by atoms with E-state index in [4.69, 9.17) is 27.9 Å². The van der Waals surface area contributed by atoms with Crippen LogP contribution < -0.4 is 9.64 Å². The number of benzene rings is 2. The summed E-state index contributed by atoms with van der Waals surface area (Å²) in [5.74, 6) is 0.195. The maximum absolute atomic E-state index is 12.3. The zero-order chi connectivity index (χ0) is 16.6. The minimum atomic E-state index is -0.189. The number of likely N-dealkylation sites (N-methyl/N-ethyl adjacent to an activating group) is 1. The molecule has 1 heterocycles. The molecular weight excluding hydrogens is 337 g/mol. The lowest BCUT2D eigenvalue weighted by Crippen LogP contribution is -2.20. The highest BCUT2D eigenvalue weighted by Crippen LogP contribution is 2.29. The maximum Gasteiger partial charge on any atom is 0.231 e. The van der Waals surface area contributed by atoms with Gasteiger partial charge in [-0.3, -0.25) is 9.59 Å². The summed E-state index contributed by atoms with van der Waals surface area (Å²) in [5, 5.41) is 0.874. The zero-order valence-electron chi connectivity index (χ0n) is 12.3. The van der Waals surface area contributed by atoms with Crippen molar-refractivity contribution in [1.29, 1.82) is 0 Å². The number of halogens is 2. The second-order valence-electron chi connectivity index (χ2n) is 5.26. The molecule has 0 saturated carbocycles. The number of hydrogen-bond acceptors (Lipinski definition) is 3. The van der Waals surface area contributed by atoms with E-state index in [0.717, 1.165) is 11.3 Å². The van der Waals surface area contributed by atoms with Gasteiger partial charge < -0.3 is 9.64 Å². The Morgan fingerprint density at radius 2 is 2.00 bits per heavy atom. The van der Waals surface area contributed by atoms with Crippen LogP contribution in [0.5, 0.6) is 5.75 Å². The number of nitrogens with zero attached hydrogens (tertiary/aromatic N) is 1. The molecule has 0 atom stereocenters. The van der Waals surface area contributed by atoms with Crippen molar-refractivity contribution in [1.82, 2.24) is 0 Å². The van der Waals surface area contributed by atoms with E-state index in [9.17, 15) is 9.59 Å². The van der Waals surface area contributed by atoms with Crippen LogP contribution in [0, 0.1) is 0 Å². The van der Waals surface area contributed by atoms with E-state index in [1.165, 1.54) is 0 Å². The summed E-state index contributed by atoms with van der Waals surface area (Å²) in [4.78, 5) is 25.5. The molecule has 0 aromatic heterocycles. The Kier molecular flexibility index (Phi) is 4.28. The molecule has 1 aliphatic heterocycles. The average molecular weight is 350 g/mol. The van der Waals surface area contributed by atoms with Crippen molar-refractivity contribution in [2.75, 3.05) is 18.6 Å². The summed E-state index contributed by atoms with van der Waals surface area (Å²) in [6.07, 6.45) is 0.313. The number of rotatable bonds is 4. The fraction of sp³-hybridized carbons (Fsp3) is 0.176.